The van der Waals surface area contributed by atoms with Crippen molar-refractivity contribution in [1.29, 1.82) is 0 Å². The summed E-state index contributed by atoms with van der Waals surface area (Å²) in [6, 6.07) is 17.0. The lowest BCUT2D eigenvalue weighted by atomic mass is 10.1. The van der Waals surface area contributed by atoms with Crippen LogP contribution in [0.2, 0.25) is 5.02 Å². The fraction of sp³-hybridized carbons (Fsp3) is 0.318. The van der Waals surface area contributed by atoms with Crippen molar-refractivity contribution in [3.63, 3.8) is 0 Å². The number of carbonyl (C=O) groups is 1. The number of rotatable bonds is 5. The quantitative estimate of drug-likeness (QED) is 0.680. The number of para-hydroxylation sites is 1. The van der Waals surface area contributed by atoms with Crippen LogP contribution in [0, 0.1) is 6.92 Å². The van der Waals surface area contributed by atoms with Crippen LogP contribution in [-0.2, 0) is 0 Å². The standard InChI is InChI=1S/C22H24ClN5O2/c1-16-24-21(25-28(16)19-10-6-5-9-18(19)23)22(30)27-13-11-26(12-14-27)15-20(29)17-7-3-2-4-8-17/h2-10,20,29H,11-15H2,1H3. The molecule has 7 nitrogen and oxygen atoms in total. The van der Waals surface area contributed by atoms with Gasteiger partial charge in [0.15, 0.2) is 0 Å². The minimum absolute atomic E-state index is 0.171. The van der Waals surface area contributed by atoms with E-state index in [-0.39, 0.29) is 11.7 Å². The molecule has 1 aliphatic rings. The van der Waals surface area contributed by atoms with E-state index >= 15 is 0 Å². The van der Waals surface area contributed by atoms with Crippen molar-refractivity contribution in [3.8, 4) is 5.69 Å². The predicted octanol–water partition coefficient (Wildman–Crippen LogP) is 2.72. The van der Waals surface area contributed by atoms with Crippen molar-refractivity contribution < 1.29 is 9.90 Å². The van der Waals surface area contributed by atoms with E-state index in [2.05, 4.69) is 15.0 Å². The van der Waals surface area contributed by atoms with Crippen LogP contribution in [0.3, 0.4) is 0 Å². The lowest BCUT2D eigenvalue weighted by Crippen LogP contribution is -2.49. The van der Waals surface area contributed by atoms with Gasteiger partial charge in [-0.3, -0.25) is 9.69 Å². The Kier molecular flexibility index (Phi) is 6.13. The smallest absolute Gasteiger partial charge is 0.293 e. The van der Waals surface area contributed by atoms with Gasteiger partial charge in [0.2, 0.25) is 5.82 Å². The Hall–Kier alpha value is -2.74. The Bertz CT molecular complexity index is 1020. The SMILES string of the molecule is Cc1nc(C(=O)N2CCN(CC(O)c3ccccc3)CC2)nn1-c1ccccc1Cl. The summed E-state index contributed by atoms with van der Waals surface area (Å²) < 4.78 is 1.60. The van der Waals surface area contributed by atoms with Gasteiger partial charge in [-0.25, -0.2) is 9.67 Å². The molecule has 2 aromatic carbocycles. The van der Waals surface area contributed by atoms with Crippen LogP contribution >= 0.6 is 11.6 Å². The summed E-state index contributed by atoms with van der Waals surface area (Å²) in [7, 11) is 0. The molecule has 2 heterocycles. The first kappa shape index (κ1) is 20.5. The van der Waals surface area contributed by atoms with Crippen molar-refractivity contribution in [2.24, 2.45) is 0 Å². The third-order valence-electron chi connectivity index (χ3n) is 5.32. The van der Waals surface area contributed by atoms with Crippen LogP contribution < -0.4 is 0 Å². The number of β-amino-alcohol motifs (C(OH)–C–C–N with tert-alkyl or cyclic N) is 1. The second-order valence-corrected chi connectivity index (χ2v) is 7.77. The number of aromatic nitrogens is 3. The molecule has 1 N–H and O–H groups in total. The van der Waals surface area contributed by atoms with Gasteiger partial charge in [-0.15, -0.1) is 5.10 Å². The monoisotopic (exact) mass is 425 g/mol. The summed E-state index contributed by atoms with van der Waals surface area (Å²) in [5.74, 6) is 0.591. The number of benzene rings is 2. The van der Waals surface area contributed by atoms with Crippen LogP contribution in [0.5, 0.6) is 0 Å². The zero-order valence-corrected chi connectivity index (χ0v) is 17.5. The van der Waals surface area contributed by atoms with Gasteiger partial charge in [0.25, 0.3) is 5.91 Å². The number of carbonyl (C=O) groups excluding carboxylic acids is 1. The van der Waals surface area contributed by atoms with E-state index in [1.165, 1.54) is 0 Å². The lowest BCUT2D eigenvalue weighted by molar-refractivity contribution is 0.0518. The lowest BCUT2D eigenvalue weighted by Gasteiger charge is -2.35. The third-order valence-corrected chi connectivity index (χ3v) is 5.64. The van der Waals surface area contributed by atoms with E-state index in [1.54, 1.807) is 22.6 Å². The molecule has 1 atom stereocenters. The summed E-state index contributed by atoms with van der Waals surface area (Å²) in [6.07, 6.45) is -0.538. The van der Waals surface area contributed by atoms with E-state index in [1.807, 2.05) is 48.5 Å². The summed E-state index contributed by atoms with van der Waals surface area (Å²) in [4.78, 5) is 21.2. The maximum atomic E-state index is 12.9. The molecule has 1 unspecified atom stereocenters. The molecule has 1 fully saturated rings. The van der Waals surface area contributed by atoms with Crippen LogP contribution in [0.15, 0.2) is 54.6 Å². The van der Waals surface area contributed by atoms with Gasteiger partial charge in [-0.2, -0.15) is 0 Å². The highest BCUT2D eigenvalue weighted by atomic mass is 35.5. The van der Waals surface area contributed by atoms with Gasteiger partial charge < -0.3 is 10.0 Å². The molecule has 1 aliphatic heterocycles. The van der Waals surface area contributed by atoms with E-state index in [9.17, 15) is 9.90 Å². The Morgan fingerprint density at radius 3 is 2.43 bits per heavy atom. The summed E-state index contributed by atoms with van der Waals surface area (Å²) in [6.45, 7) is 4.88. The Balaban J connectivity index is 1.38. The number of aliphatic hydroxyl groups is 1. The molecular formula is C22H24ClN5O2. The maximum Gasteiger partial charge on any atom is 0.293 e. The van der Waals surface area contributed by atoms with Crippen molar-refractivity contribution in [1.82, 2.24) is 24.6 Å². The zero-order valence-electron chi connectivity index (χ0n) is 16.8. The highest BCUT2D eigenvalue weighted by molar-refractivity contribution is 6.32. The van der Waals surface area contributed by atoms with Gasteiger partial charge >= 0.3 is 0 Å². The molecule has 0 spiro atoms. The second kappa shape index (κ2) is 8.95. The average molecular weight is 426 g/mol. The fourth-order valence-electron chi connectivity index (χ4n) is 3.63. The molecule has 4 rings (SSSR count). The van der Waals surface area contributed by atoms with Crippen molar-refractivity contribution in [3.05, 3.63) is 76.8 Å². The number of amides is 1. The number of hydrogen-bond acceptors (Lipinski definition) is 5. The van der Waals surface area contributed by atoms with Gasteiger partial charge in [0.05, 0.1) is 16.8 Å². The molecular weight excluding hydrogens is 402 g/mol. The molecule has 0 radical (unpaired) electrons. The van der Waals surface area contributed by atoms with Crippen LogP contribution in [0.1, 0.15) is 28.1 Å². The first-order valence-corrected chi connectivity index (χ1v) is 10.3. The molecule has 1 amide bonds. The molecule has 0 saturated carbocycles. The number of nitrogens with zero attached hydrogens (tertiary/aromatic N) is 5. The summed E-state index contributed by atoms with van der Waals surface area (Å²) in [5.41, 5.74) is 1.60. The van der Waals surface area contributed by atoms with Crippen molar-refractivity contribution >= 4 is 17.5 Å². The van der Waals surface area contributed by atoms with Gasteiger partial charge in [-0.1, -0.05) is 54.1 Å². The van der Waals surface area contributed by atoms with Crippen LogP contribution in [0.25, 0.3) is 5.69 Å². The molecule has 1 saturated heterocycles. The summed E-state index contributed by atoms with van der Waals surface area (Å²) >= 11 is 6.26. The van der Waals surface area contributed by atoms with Gasteiger partial charge in [0.1, 0.15) is 5.82 Å². The molecule has 156 valence electrons. The average Bonchev–Trinajstić information content (AvgIpc) is 3.16. The van der Waals surface area contributed by atoms with E-state index in [0.717, 1.165) is 5.56 Å². The topological polar surface area (TPSA) is 74.5 Å². The highest BCUT2D eigenvalue weighted by Gasteiger charge is 2.27. The second-order valence-electron chi connectivity index (χ2n) is 7.37. The molecule has 3 aromatic rings. The Labute approximate surface area is 180 Å². The van der Waals surface area contributed by atoms with Crippen molar-refractivity contribution in [2.45, 2.75) is 13.0 Å². The first-order chi connectivity index (χ1) is 14.5. The van der Waals surface area contributed by atoms with Gasteiger partial charge in [-0.05, 0) is 24.6 Å². The Morgan fingerprint density at radius 2 is 1.73 bits per heavy atom. The van der Waals surface area contributed by atoms with E-state index in [4.69, 9.17) is 11.6 Å². The number of piperazine rings is 1. The number of aryl methyl sites for hydroxylation is 1. The molecule has 0 aliphatic carbocycles. The number of hydrogen-bond donors (Lipinski definition) is 1. The molecule has 1 aromatic heterocycles. The van der Waals surface area contributed by atoms with E-state index in [0.29, 0.717) is 49.3 Å². The van der Waals surface area contributed by atoms with E-state index < -0.39 is 6.10 Å². The normalized spacial score (nSPS) is 15.9. The maximum absolute atomic E-state index is 12.9. The molecule has 8 heteroatoms. The molecule has 0 bridgehead atoms. The fourth-order valence-corrected chi connectivity index (χ4v) is 3.85. The number of halogens is 1. The van der Waals surface area contributed by atoms with Crippen molar-refractivity contribution in [2.75, 3.05) is 32.7 Å². The Morgan fingerprint density at radius 1 is 1.07 bits per heavy atom. The predicted molar refractivity (Wildman–Crippen MR) is 115 cm³/mol. The van der Waals surface area contributed by atoms with Crippen LogP contribution in [0.4, 0.5) is 0 Å². The zero-order chi connectivity index (χ0) is 21.1. The minimum Gasteiger partial charge on any atom is -0.387 e. The highest BCUT2D eigenvalue weighted by Crippen LogP contribution is 2.21. The number of aliphatic hydroxyl groups excluding tert-OH is 1. The third kappa shape index (κ3) is 4.38. The largest absolute Gasteiger partial charge is 0.387 e. The first-order valence-electron chi connectivity index (χ1n) is 9.96. The van der Waals surface area contributed by atoms with Crippen LogP contribution in [-0.4, -0.2) is 68.3 Å². The van der Waals surface area contributed by atoms with Gasteiger partial charge in [0, 0.05) is 32.7 Å². The molecule has 30 heavy (non-hydrogen) atoms. The minimum atomic E-state index is -0.538. The summed E-state index contributed by atoms with van der Waals surface area (Å²) in [5, 5.41) is 15.4.